The van der Waals surface area contributed by atoms with Crippen LogP contribution in [-0.2, 0) is 20.8 Å². The first-order valence-corrected chi connectivity index (χ1v) is 10.4. The van der Waals surface area contributed by atoms with Gasteiger partial charge in [0.05, 0.1) is 26.6 Å². The first kappa shape index (κ1) is 21.9. The minimum absolute atomic E-state index is 0.0244. The van der Waals surface area contributed by atoms with Gasteiger partial charge in [-0.15, -0.1) is 0 Å². The third-order valence-corrected chi connectivity index (χ3v) is 5.88. The topological polar surface area (TPSA) is 79.4 Å². The molecule has 2 aliphatic rings. The zero-order valence-electron chi connectivity index (χ0n) is 18.2. The Kier molecular flexibility index (Phi) is 6.84. The summed E-state index contributed by atoms with van der Waals surface area (Å²) in [6, 6.07) is 5.58. The Morgan fingerprint density at radius 2 is 1.67 bits per heavy atom. The summed E-state index contributed by atoms with van der Waals surface area (Å²) in [6.07, 6.45) is 0.560. The Morgan fingerprint density at radius 1 is 1.03 bits per heavy atom. The van der Waals surface area contributed by atoms with E-state index < -0.39 is 0 Å². The number of likely N-dealkylation sites (tertiary alicyclic amines) is 1. The number of hydrogen-bond donors (Lipinski definition) is 0. The molecule has 0 saturated carbocycles. The molecule has 2 fully saturated rings. The highest BCUT2D eigenvalue weighted by molar-refractivity contribution is 5.89. The highest BCUT2D eigenvalue weighted by Gasteiger charge is 2.38. The molecule has 0 radical (unpaired) electrons. The van der Waals surface area contributed by atoms with Gasteiger partial charge in [-0.3, -0.25) is 14.4 Å². The van der Waals surface area contributed by atoms with Crippen molar-refractivity contribution in [3.8, 4) is 11.5 Å². The van der Waals surface area contributed by atoms with Crippen LogP contribution in [-0.4, -0.2) is 85.4 Å². The first-order chi connectivity index (χ1) is 14.3. The maximum Gasteiger partial charge on any atom is 0.228 e. The molecule has 1 unspecified atom stereocenters. The van der Waals surface area contributed by atoms with Gasteiger partial charge in [-0.05, 0) is 31.5 Å². The summed E-state index contributed by atoms with van der Waals surface area (Å²) in [6.45, 7) is 6.44. The fourth-order valence-corrected chi connectivity index (χ4v) is 4.11. The standard InChI is InChI=1S/C22H31N3O5/c1-15(2)25-14-17(13-21(25)27)22(28)24-9-7-23(8-10-24)20(26)12-16-5-6-18(29-3)19(11-16)30-4/h5-6,11,15,17H,7-10,12-14H2,1-4H3. The number of benzene rings is 1. The number of carbonyl (C=O) groups excluding carboxylic acids is 3. The Labute approximate surface area is 177 Å². The van der Waals surface area contributed by atoms with Crippen LogP contribution in [0.2, 0.25) is 0 Å². The quantitative estimate of drug-likeness (QED) is 0.694. The van der Waals surface area contributed by atoms with E-state index in [1.807, 2.05) is 26.0 Å². The van der Waals surface area contributed by atoms with Gasteiger partial charge in [-0.25, -0.2) is 0 Å². The molecular formula is C22H31N3O5. The molecule has 3 rings (SSSR count). The van der Waals surface area contributed by atoms with Crippen LogP contribution in [0, 0.1) is 5.92 Å². The molecule has 0 aromatic heterocycles. The van der Waals surface area contributed by atoms with Crippen molar-refractivity contribution in [2.24, 2.45) is 5.92 Å². The van der Waals surface area contributed by atoms with Gasteiger partial charge in [0.2, 0.25) is 17.7 Å². The molecule has 1 atom stereocenters. The molecule has 2 saturated heterocycles. The summed E-state index contributed by atoms with van der Waals surface area (Å²) >= 11 is 0. The predicted molar refractivity (Wildman–Crippen MR) is 111 cm³/mol. The van der Waals surface area contributed by atoms with Crippen LogP contribution >= 0.6 is 0 Å². The van der Waals surface area contributed by atoms with Crippen molar-refractivity contribution in [2.45, 2.75) is 32.7 Å². The fraction of sp³-hybridized carbons (Fsp3) is 0.591. The zero-order chi connectivity index (χ0) is 21.8. The van der Waals surface area contributed by atoms with E-state index in [1.54, 1.807) is 35.0 Å². The summed E-state index contributed by atoms with van der Waals surface area (Å²) < 4.78 is 10.5. The van der Waals surface area contributed by atoms with Gasteiger partial charge in [0.15, 0.2) is 11.5 Å². The Morgan fingerprint density at radius 3 is 2.23 bits per heavy atom. The lowest BCUT2D eigenvalue weighted by molar-refractivity contribution is -0.141. The average molecular weight is 418 g/mol. The number of ether oxygens (including phenoxy) is 2. The minimum atomic E-state index is -0.270. The van der Waals surface area contributed by atoms with Crippen LogP contribution in [0.5, 0.6) is 11.5 Å². The van der Waals surface area contributed by atoms with Crippen molar-refractivity contribution < 1.29 is 23.9 Å². The molecule has 164 valence electrons. The van der Waals surface area contributed by atoms with Crippen LogP contribution in [0.4, 0.5) is 0 Å². The van der Waals surface area contributed by atoms with Gasteiger partial charge < -0.3 is 24.2 Å². The molecule has 0 N–H and O–H groups in total. The molecule has 8 heteroatoms. The van der Waals surface area contributed by atoms with E-state index in [4.69, 9.17) is 9.47 Å². The molecule has 2 heterocycles. The molecule has 0 aliphatic carbocycles. The Hall–Kier alpha value is -2.77. The summed E-state index contributed by atoms with van der Waals surface area (Å²) in [5.41, 5.74) is 0.856. The van der Waals surface area contributed by atoms with E-state index in [0.29, 0.717) is 44.2 Å². The minimum Gasteiger partial charge on any atom is -0.493 e. The van der Waals surface area contributed by atoms with Crippen molar-refractivity contribution >= 4 is 17.7 Å². The van der Waals surface area contributed by atoms with E-state index >= 15 is 0 Å². The van der Waals surface area contributed by atoms with E-state index in [2.05, 4.69) is 0 Å². The second-order valence-electron chi connectivity index (χ2n) is 8.11. The maximum atomic E-state index is 12.8. The average Bonchev–Trinajstić information content (AvgIpc) is 3.15. The number of nitrogens with zero attached hydrogens (tertiary/aromatic N) is 3. The zero-order valence-corrected chi connectivity index (χ0v) is 18.2. The molecule has 0 spiro atoms. The highest BCUT2D eigenvalue weighted by atomic mass is 16.5. The van der Waals surface area contributed by atoms with Crippen LogP contribution in [0.3, 0.4) is 0 Å². The second-order valence-corrected chi connectivity index (χ2v) is 8.11. The van der Waals surface area contributed by atoms with Gasteiger partial charge in [0, 0.05) is 45.2 Å². The lowest BCUT2D eigenvalue weighted by atomic mass is 10.1. The second kappa shape index (κ2) is 9.36. The number of hydrogen-bond acceptors (Lipinski definition) is 5. The predicted octanol–water partition coefficient (Wildman–Crippen LogP) is 1.17. The third-order valence-electron chi connectivity index (χ3n) is 5.88. The number of methoxy groups -OCH3 is 2. The van der Waals surface area contributed by atoms with Crippen molar-refractivity contribution in [3.05, 3.63) is 23.8 Å². The summed E-state index contributed by atoms with van der Waals surface area (Å²) in [5, 5.41) is 0. The molecule has 1 aromatic rings. The normalized spacial score (nSPS) is 19.4. The van der Waals surface area contributed by atoms with Crippen molar-refractivity contribution in [3.63, 3.8) is 0 Å². The van der Waals surface area contributed by atoms with Crippen LogP contribution in [0.25, 0.3) is 0 Å². The molecule has 0 bridgehead atoms. The van der Waals surface area contributed by atoms with Gasteiger partial charge in [0.1, 0.15) is 0 Å². The van der Waals surface area contributed by atoms with Crippen LogP contribution < -0.4 is 9.47 Å². The van der Waals surface area contributed by atoms with E-state index in [0.717, 1.165) is 5.56 Å². The molecule has 2 aliphatic heterocycles. The van der Waals surface area contributed by atoms with Crippen molar-refractivity contribution in [1.82, 2.24) is 14.7 Å². The molecular weight excluding hydrogens is 386 g/mol. The lowest BCUT2D eigenvalue weighted by Crippen LogP contribution is -2.52. The largest absolute Gasteiger partial charge is 0.493 e. The van der Waals surface area contributed by atoms with Crippen molar-refractivity contribution in [2.75, 3.05) is 46.9 Å². The van der Waals surface area contributed by atoms with Crippen molar-refractivity contribution in [1.29, 1.82) is 0 Å². The Balaban J connectivity index is 1.52. The number of amides is 3. The maximum absolute atomic E-state index is 12.8. The summed E-state index contributed by atoms with van der Waals surface area (Å²) in [5.74, 6) is 1.05. The van der Waals surface area contributed by atoms with E-state index in [-0.39, 0.29) is 42.5 Å². The number of carbonyl (C=O) groups is 3. The van der Waals surface area contributed by atoms with Crippen LogP contribution in [0.1, 0.15) is 25.8 Å². The summed E-state index contributed by atoms with van der Waals surface area (Å²) in [4.78, 5) is 43.0. The third kappa shape index (κ3) is 4.68. The smallest absolute Gasteiger partial charge is 0.228 e. The first-order valence-electron chi connectivity index (χ1n) is 10.4. The van der Waals surface area contributed by atoms with E-state index in [1.165, 1.54) is 0 Å². The SMILES string of the molecule is COc1ccc(CC(=O)N2CCN(C(=O)C3CC(=O)N(C(C)C)C3)CC2)cc1OC. The molecule has 3 amide bonds. The molecule has 1 aromatic carbocycles. The highest BCUT2D eigenvalue weighted by Crippen LogP contribution is 2.28. The number of piperazine rings is 1. The van der Waals surface area contributed by atoms with Gasteiger partial charge in [0.25, 0.3) is 0 Å². The van der Waals surface area contributed by atoms with Crippen LogP contribution in [0.15, 0.2) is 18.2 Å². The van der Waals surface area contributed by atoms with E-state index in [9.17, 15) is 14.4 Å². The lowest BCUT2D eigenvalue weighted by Gasteiger charge is -2.36. The fourth-order valence-electron chi connectivity index (χ4n) is 4.11. The summed E-state index contributed by atoms with van der Waals surface area (Å²) in [7, 11) is 3.14. The molecule has 8 nitrogen and oxygen atoms in total. The van der Waals surface area contributed by atoms with Gasteiger partial charge in [-0.2, -0.15) is 0 Å². The number of rotatable bonds is 6. The van der Waals surface area contributed by atoms with Gasteiger partial charge in [-0.1, -0.05) is 6.07 Å². The monoisotopic (exact) mass is 417 g/mol. The Bertz CT molecular complexity index is 802. The van der Waals surface area contributed by atoms with Gasteiger partial charge >= 0.3 is 0 Å². The molecule has 30 heavy (non-hydrogen) atoms.